The van der Waals surface area contributed by atoms with Crippen molar-refractivity contribution in [3.8, 4) is 11.5 Å². The number of fused-ring (bicyclic) bond motifs is 1. The number of benzene rings is 2. The van der Waals surface area contributed by atoms with Crippen molar-refractivity contribution in [3.63, 3.8) is 0 Å². The average molecular weight is 439 g/mol. The molecule has 0 saturated heterocycles. The average Bonchev–Trinajstić information content (AvgIpc) is 2.80. The summed E-state index contributed by atoms with van der Waals surface area (Å²) in [6.07, 6.45) is 1.66. The quantitative estimate of drug-likeness (QED) is 0.676. The number of halogens is 2. The summed E-state index contributed by atoms with van der Waals surface area (Å²) >= 11 is 6.87. The van der Waals surface area contributed by atoms with Crippen LogP contribution in [0.5, 0.6) is 11.5 Å². The number of anilines is 1. The van der Waals surface area contributed by atoms with E-state index in [1.807, 2.05) is 19.1 Å². The van der Waals surface area contributed by atoms with Gasteiger partial charge in [0.1, 0.15) is 0 Å². The van der Waals surface area contributed by atoms with Crippen molar-refractivity contribution in [2.45, 2.75) is 6.92 Å². The van der Waals surface area contributed by atoms with Gasteiger partial charge >= 0.3 is 0 Å². The number of phenolic OH excluding ortho intramolecular Hbond substituents is 1. The van der Waals surface area contributed by atoms with Crippen molar-refractivity contribution in [1.29, 1.82) is 0 Å². The number of carbonyl (C=O) groups is 1. The molecule has 0 aliphatic carbocycles. The molecule has 2 aromatic rings. The largest absolute Gasteiger partial charge is 0.504 e. The lowest BCUT2D eigenvalue weighted by atomic mass is 10.0. The Morgan fingerprint density at radius 1 is 1.30 bits per heavy atom. The lowest BCUT2D eigenvalue weighted by Crippen LogP contribution is -2.03. The van der Waals surface area contributed by atoms with Gasteiger partial charge < -0.3 is 15.2 Å². The van der Waals surface area contributed by atoms with Crippen molar-refractivity contribution in [3.05, 3.63) is 50.4 Å². The Kier molecular flexibility index (Phi) is 4.46. The molecule has 0 atom stereocenters. The van der Waals surface area contributed by atoms with Crippen LogP contribution in [0.2, 0.25) is 0 Å². The van der Waals surface area contributed by atoms with E-state index in [9.17, 15) is 9.90 Å². The van der Waals surface area contributed by atoms with Crippen LogP contribution in [-0.2, 0) is 4.79 Å². The van der Waals surface area contributed by atoms with Crippen LogP contribution in [-0.4, -0.2) is 17.6 Å². The minimum atomic E-state index is -0.208. The van der Waals surface area contributed by atoms with Gasteiger partial charge in [-0.25, -0.2) is 0 Å². The zero-order valence-electron chi connectivity index (χ0n) is 12.2. The molecule has 4 nitrogen and oxygen atoms in total. The van der Waals surface area contributed by atoms with Crippen LogP contribution in [0.3, 0.4) is 0 Å². The molecule has 0 unspecified atom stereocenters. The predicted octanol–water partition coefficient (Wildman–Crippen LogP) is 4.81. The maximum absolute atomic E-state index is 12.3. The smallest absolute Gasteiger partial charge is 0.256 e. The minimum Gasteiger partial charge on any atom is -0.504 e. The highest BCUT2D eigenvalue weighted by molar-refractivity contribution is 9.11. The Morgan fingerprint density at radius 2 is 2.09 bits per heavy atom. The number of aromatic hydroxyl groups is 1. The summed E-state index contributed by atoms with van der Waals surface area (Å²) in [5.41, 5.74) is 2.53. The molecule has 0 radical (unpaired) electrons. The number of hydrogen-bond acceptors (Lipinski definition) is 3. The number of hydrogen-bond donors (Lipinski definition) is 2. The fraction of sp³-hybridized carbons (Fsp3) is 0.118. The maximum atomic E-state index is 12.3. The molecular formula is C17H13Br2NO3. The number of carbonyl (C=O) groups excluding carboxylic acids is 1. The van der Waals surface area contributed by atoms with E-state index in [2.05, 4.69) is 37.2 Å². The molecule has 2 aromatic carbocycles. The van der Waals surface area contributed by atoms with Crippen LogP contribution in [0, 0.1) is 0 Å². The molecule has 0 bridgehead atoms. The Hall–Kier alpha value is -1.79. The number of para-hydroxylation sites is 1. The first kappa shape index (κ1) is 16.1. The highest BCUT2D eigenvalue weighted by Gasteiger charge is 2.27. The summed E-state index contributed by atoms with van der Waals surface area (Å²) in [6.45, 7) is 2.30. The van der Waals surface area contributed by atoms with Crippen LogP contribution in [0.15, 0.2) is 39.3 Å². The molecule has 3 rings (SSSR count). The second-order valence-corrected chi connectivity index (χ2v) is 6.72. The standard InChI is InChI=1S/C17H13Br2NO3/c1-2-23-14-5-3-4-9(16(14)21)6-12-11-7-10(18)8-13(19)15(11)20-17(12)22/h3-8,21H,2H2,1H3,(H,20,22). The molecule has 6 heteroatoms. The number of phenols is 1. The summed E-state index contributed by atoms with van der Waals surface area (Å²) in [4.78, 5) is 12.3. The zero-order valence-corrected chi connectivity index (χ0v) is 15.4. The van der Waals surface area contributed by atoms with Crippen LogP contribution in [0.25, 0.3) is 11.6 Å². The Balaban J connectivity index is 2.12. The van der Waals surface area contributed by atoms with E-state index >= 15 is 0 Å². The van der Waals surface area contributed by atoms with E-state index in [0.29, 0.717) is 23.5 Å². The van der Waals surface area contributed by atoms with Crippen molar-refractivity contribution >= 4 is 55.1 Å². The summed E-state index contributed by atoms with van der Waals surface area (Å²) in [6, 6.07) is 8.95. The molecule has 118 valence electrons. The summed E-state index contributed by atoms with van der Waals surface area (Å²) in [5, 5.41) is 13.1. The van der Waals surface area contributed by atoms with E-state index in [4.69, 9.17) is 4.74 Å². The van der Waals surface area contributed by atoms with Gasteiger partial charge in [-0.1, -0.05) is 28.1 Å². The zero-order chi connectivity index (χ0) is 16.6. The van der Waals surface area contributed by atoms with Crippen LogP contribution < -0.4 is 10.1 Å². The summed E-state index contributed by atoms with van der Waals surface area (Å²) < 4.78 is 7.04. The molecule has 0 aromatic heterocycles. The number of amides is 1. The van der Waals surface area contributed by atoms with E-state index in [1.165, 1.54) is 0 Å². The second-order valence-electron chi connectivity index (χ2n) is 4.95. The molecule has 1 heterocycles. The van der Waals surface area contributed by atoms with Gasteiger partial charge in [-0.05, 0) is 47.1 Å². The molecule has 0 saturated carbocycles. The van der Waals surface area contributed by atoms with E-state index in [0.717, 1.165) is 20.2 Å². The third-order valence-electron chi connectivity index (χ3n) is 3.46. The fourth-order valence-electron chi connectivity index (χ4n) is 2.44. The van der Waals surface area contributed by atoms with Gasteiger partial charge in [0.05, 0.1) is 12.3 Å². The Bertz CT molecular complexity index is 831. The molecule has 0 fully saturated rings. The Morgan fingerprint density at radius 3 is 2.83 bits per heavy atom. The first-order chi connectivity index (χ1) is 11.0. The normalized spacial score (nSPS) is 14.7. The van der Waals surface area contributed by atoms with E-state index < -0.39 is 0 Å². The highest BCUT2D eigenvalue weighted by Crippen LogP contribution is 2.41. The van der Waals surface area contributed by atoms with E-state index in [1.54, 1.807) is 24.3 Å². The molecule has 0 spiro atoms. The van der Waals surface area contributed by atoms with Gasteiger partial charge in [0.2, 0.25) is 0 Å². The SMILES string of the molecule is CCOc1cccc(C=C2C(=O)Nc3c(Br)cc(Br)cc32)c1O. The van der Waals surface area contributed by atoms with Crippen molar-refractivity contribution < 1.29 is 14.6 Å². The van der Waals surface area contributed by atoms with Crippen LogP contribution >= 0.6 is 31.9 Å². The lowest BCUT2D eigenvalue weighted by molar-refractivity contribution is -0.110. The molecule has 23 heavy (non-hydrogen) atoms. The van der Waals surface area contributed by atoms with Gasteiger partial charge in [0, 0.05) is 25.6 Å². The van der Waals surface area contributed by atoms with Crippen molar-refractivity contribution in [1.82, 2.24) is 0 Å². The third-order valence-corrected chi connectivity index (χ3v) is 4.54. The third kappa shape index (κ3) is 3.01. The summed E-state index contributed by atoms with van der Waals surface area (Å²) in [5.74, 6) is 0.216. The van der Waals surface area contributed by atoms with Gasteiger partial charge in [-0.2, -0.15) is 0 Å². The molecular weight excluding hydrogens is 426 g/mol. The number of nitrogens with one attached hydrogen (secondary N) is 1. The van der Waals surface area contributed by atoms with Gasteiger partial charge in [-0.3, -0.25) is 4.79 Å². The monoisotopic (exact) mass is 437 g/mol. The van der Waals surface area contributed by atoms with Gasteiger partial charge in [0.25, 0.3) is 5.91 Å². The van der Waals surface area contributed by atoms with Crippen LogP contribution in [0.4, 0.5) is 5.69 Å². The topological polar surface area (TPSA) is 58.6 Å². The van der Waals surface area contributed by atoms with E-state index in [-0.39, 0.29) is 11.7 Å². The van der Waals surface area contributed by atoms with Crippen molar-refractivity contribution in [2.24, 2.45) is 0 Å². The molecule has 2 N–H and O–H groups in total. The van der Waals surface area contributed by atoms with Gasteiger partial charge in [-0.15, -0.1) is 0 Å². The van der Waals surface area contributed by atoms with Crippen LogP contribution in [0.1, 0.15) is 18.1 Å². The fourth-order valence-corrected chi connectivity index (χ4v) is 3.77. The Labute approximate surface area is 150 Å². The molecule has 1 amide bonds. The highest BCUT2D eigenvalue weighted by atomic mass is 79.9. The maximum Gasteiger partial charge on any atom is 0.256 e. The lowest BCUT2D eigenvalue weighted by Gasteiger charge is -2.08. The first-order valence-corrected chi connectivity index (χ1v) is 8.57. The number of ether oxygens (including phenoxy) is 1. The van der Waals surface area contributed by atoms with Gasteiger partial charge in [0.15, 0.2) is 11.5 Å². The molecule has 1 aliphatic heterocycles. The predicted molar refractivity (Wildman–Crippen MR) is 97.6 cm³/mol. The van der Waals surface area contributed by atoms with Crippen molar-refractivity contribution in [2.75, 3.05) is 11.9 Å². The number of rotatable bonds is 3. The minimum absolute atomic E-state index is 0.0252. The second kappa shape index (κ2) is 6.37. The molecule has 1 aliphatic rings. The first-order valence-electron chi connectivity index (χ1n) is 6.98. The summed E-state index contributed by atoms with van der Waals surface area (Å²) in [7, 11) is 0.